The van der Waals surface area contributed by atoms with Gasteiger partial charge in [-0.15, -0.1) is 4.36 Å². The van der Waals surface area contributed by atoms with Crippen LogP contribution in [0.4, 0.5) is 25.1 Å². The van der Waals surface area contributed by atoms with Gasteiger partial charge < -0.3 is 15.0 Å². The predicted molar refractivity (Wildman–Crippen MR) is 158 cm³/mol. The van der Waals surface area contributed by atoms with Crippen molar-refractivity contribution in [2.75, 3.05) is 29.6 Å². The quantitative estimate of drug-likeness (QED) is 0.377. The fourth-order valence-corrected chi connectivity index (χ4v) is 5.72. The van der Waals surface area contributed by atoms with E-state index >= 15 is 0 Å². The van der Waals surface area contributed by atoms with Crippen molar-refractivity contribution in [3.8, 4) is 11.3 Å². The van der Waals surface area contributed by atoms with Gasteiger partial charge >= 0.3 is 6.09 Å². The number of hydrogen-bond donors (Lipinski definition) is 1. The molecule has 2 aromatic heterocycles. The Bertz CT molecular complexity index is 1620. The van der Waals surface area contributed by atoms with Gasteiger partial charge in [0.25, 0.3) is 5.91 Å². The van der Waals surface area contributed by atoms with Crippen molar-refractivity contribution >= 4 is 33.2 Å². The molecule has 0 unspecified atom stereocenters. The molecule has 1 aromatic carbocycles. The lowest BCUT2D eigenvalue weighted by Gasteiger charge is -2.26. The number of carbonyl (C=O) groups is 2. The molecular formula is C29H36F2N6O4S. The molecule has 1 N–H and O–H groups in total. The molecule has 2 amide bonds. The van der Waals surface area contributed by atoms with Crippen LogP contribution in [0.2, 0.25) is 0 Å². The first-order chi connectivity index (χ1) is 19.5. The van der Waals surface area contributed by atoms with Gasteiger partial charge in [0.05, 0.1) is 27.2 Å². The fourth-order valence-electron chi connectivity index (χ4n) is 4.62. The highest BCUT2D eigenvalue weighted by atomic mass is 32.2. The second kappa shape index (κ2) is 11.8. The number of aromatic nitrogens is 3. The minimum absolute atomic E-state index is 0.0375. The van der Waals surface area contributed by atoms with E-state index in [0.717, 1.165) is 5.56 Å². The molecule has 10 nitrogen and oxygen atoms in total. The van der Waals surface area contributed by atoms with Crippen LogP contribution in [-0.2, 0) is 21.5 Å². The zero-order valence-electron chi connectivity index (χ0n) is 24.6. The van der Waals surface area contributed by atoms with E-state index in [4.69, 9.17) is 9.72 Å². The number of nitrogens with one attached hydrogen (secondary N) is 1. The molecule has 13 heteroatoms. The van der Waals surface area contributed by atoms with Crippen molar-refractivity contribution in [1.29, 1.82) is 0 Å². The molecule has 0 saturated carbocycles. The summed E-state index contributed by atoms with van der Waals surface area (Å²) in [6, 6.07) is 7.99. The van der Waals surface area contributed by atoms with E-state index in [-0.39, 0.29) is 36.3 Å². The maximum Gasteiger partial charge on any atom is 0.442 e. The van der Waals surface area contributed by atoms with Crippen LogP contribution in [-0.4, -0.2) is 61.8 Å². The Kier molecular flexibility index (Phi) is 8.72. The maximum absolute atomic E-state index is 14.2. The van der Waals surface area contributed by atoms with Gasteiger partial charge in [-0.3, -0.25) is 9.48 Å². The number of aryl methyl sites for hydroxylation is 2. The van der Waals surface area contributed by atoms with E-state index in [1.54, 1.807) is 81.0 Å². The van der Waals surface area contributed by atoms with Gasteiger partial charge in [-0.05, 0) is 63.9 Å². The summed E-state index contributed by atoms with van der Waals surface area (Å²) in [7, 11) is -1.41. The number of ether oxygens (including phenoxy) is 1. The van der Waals surface area contributed by atoms with Gasteiger partial charge in [-0.2, -0.15) is 5.10 Å². The third kappa shape index (κ3) is 7.69. The SMILES string of the molecule is Cc1cc(-c2cnn(C)c2)nc(N2CCCC(F)(F)CC2)c1C(=O)Nc1cccc([S@@](C)(=O)=NC(=O)OC(C)(C)C)c1. The van der Waals surface area contributed by atoms with Crippen molar-refractivity contribution in [2.45, 2.75) is 63.4 Å². The van der Waals surface area contributed by atoms with Gasteiger partial charge in [0.1, 0.15) is 11.4 Å². The molecule has 3 aromatic rings. The summed E-state index contributed by atoms with van der Waals surface area (Å²) < 4.78 is 52.3. The maximum atomic E-state index is 14.2. The minimum Gasteiger partial charge on any atom is -0.442 e. The van der Waals surface area contributed by atoms with Crippen LogP contribution >= 0.6 is 0 Å². The van der Waals surface area contributed by atoms with Crippen molar-refractivity contribution in [1.82, 2.24) is 14.8 Å². The largest absolute Gasteiger partial charge is 0.442 e. The van der Waals surface area contributed by atoms with Gasteiger partial charge in [0, 0.05) is 61.6 Å². The monoisotopic (exact) mass is 602 g/mol. The van der Waals surface area contributed by atoms with E-state index in [9.17, 15) is 22.6 Å². The highest BCUT2D eigenvalue weighted by Crippen LogP contribution is 2.33. The number of alkyl halides is 2. The zero-order valence-corrected chi connectivity index (χ0v) is 25.4. The number of carbonyl (C=O) groups excluding carboxylic acids is 2. The van der Waals surface area contributed by atoms with E-state index in [0.29, 0.717) is 29.3 Å². The van der Waals surface area contributed by atoms with Crippen LogP contribution < -0.4 is 10.2 Å². The van der Waals surface area contributed by atoms with Crippen molar-refractivity contribution < 1.29 is 27.3 Å². The molecule has 1 fully saturated rings. The summed E-state index contributed by atoms with van der Waals surface area (Å²) in [6.45, 7) is 7.16. The van der Waals surface area contributed by atoms with Gasteiger partial charge in [-0.25, -0.2) is 22.8 Å². The lowest BCUT2D eigenvalue weighted by atomic mass is 10.0. The first kappa shape index (κ1) is 31.1. The molecular weight excluding hydrogens is 566 g/mol. The van der Waals surface area contributed by atoms with E-state index in [2.05, 4.69) is 14.8 Å². The lowest BCUT2D eigenvalue weighted by molar-refractivity contribution is -0.0102. The second-order valence-corrected chi connectivity index (χ2v) is 13.7. The number of pyridine rings is 1. The molecule has 1 aliphatic rings. The lowest BCUT2D eigenvalue weighted by Crippen LogP contribution is -2.30. The molecule has 0 spiro atoms. The topological polar surface area (TPSA) is 119 Å². The Balaban J connectivity index is 1.69. The Morgan fingerprint density at radius 1 is 1.17 bits per heavy atom. The van der Waals surface area contributed by atoms with Crippen molar-refractivity contribution in [3.63, 3.8) is 0 Å². The molecule has 1 atom stereocenters. The molecule has 3 heterocycles. The Hall–Kier alpha value is -3.87. The molecule has 226 valence electrons. The average molecular weight is 603 g/mol. The van der Waals surface area contributed by atoms with Gasteiger partial charge in [0.2, 0.25) is 5.92 Å². The molecule has 1 aliphatic heterocycles. The standard InChI is InChI=1S/C29H36F2N6O4S/c1-19-15-23(20-17-32-36(5)18-20)34-25(37-13-8-11-29(30,31)12-14-37)24(19)26(38)33-21-9-7-10-22(16-21)42(6,40)35-27(39)41-28(2,3)4/h7,9-10,15-18H,8,11-14H2,1-6H3,(H,33,38)/t42-/m1/s1. The van der Waals surface area contributed by atoms with Crippen LogP contribution in [0.3, 0.4) is 0 Å². The molecule has 4 rings (SSSR count). The number of nitrogens with zero attached hydrogens (tertiary/aromatic N) is 5. The normalized spacial score (nSPS) is 16.7. The molecule has 0 aliphatic carbocycles. The molecule has 42 heavy (non-hydrogen) atoms. The molecule has 0 radical (unpaired) electrons. The van der Waals surface area contributed by atoms with Gasteiger partial charge in [0.15, 0.2) is 0 Å². The van der Waals surface area contributed by atoms with Gasteiger partial charge in [-0.1, -0.05) is 6.07 Å². The highest BCUT2D eigenvalue weighted by Gasteiger charge is 2.33. The number of anilines is 2. The average Bonchev–Trinajstić information content (AvgIpc) is 3.21. The predicted octanol–water partition coefficient (Wildman–Crippen LogP) is 6.06. The Labute approximate surface area is 244 Å². The number of halogens is 2. The zero-order chi connectivity index (χ0) is 30.9. The van der Waals surface area contributed by atoms with E-state index in [1.165, 1.54) is 12.3 Å². The number of benzene rings is 1. The van der Waals surface area contributed by atoms with E-state index in [1.807, 2.05) is 0 Å². The highest BCUT2D eigenvalue weighted by molar-refractivity contribution is 7.93. The Morgan fingerprint density at radius 3 is 2.57 bits per heavy atom. The summed E-state index contributed by atoms with van der Waals surface area (Å²) >= 11 is 0. The second-order valence-electron chi connectivity index (χ2n) is 11.5. The number of hydrogen-bond acceptors (Lipinski definition) is 7. The third-order valence-electron chi connectivity index (χ3n) is 6.61. The van der Waals surface area contributed by atoms with Crippen LogP contribution in [0.1, 0.15) is 56.0 Å². The van der Waals surface area contributed by atoms with Crippen LogP contribution in [0.15, 0.2) is 52.0 Å². The third-order valence-corrected chi connectivity index (χ3v) is 8.24. The first-order valence-electron chi connectivity index (χ1n) is 13.5. The summed E-state index contributed by atoms with van der Waals surface area (Å²) in [5.74, 6) is -2.99. The minimum atomic E-state index is -3.19. The summed E-state index contributed by atoms with van der Waals surface area (Å²) in [6.07, 6.45) is 3.48. The van der Waals surface area contributed by atoms with Crippen LogP contribution in [0.5, 0.6) is 0 Å². The smallest absolute Gasteiger partial charge is 0.442 e. The summed E-state index contributed by atoms with van der Waals surface area (Å²) in [4.78, 5) is 32.7. The molecule has 0 bridgehead atoms. The van der Waals surface area contributed by atoms with Crippen LogP contribution in [0, 0.1) is 6.92 Å². The summed E-state index contributed by atoms with van der Waals surface area (Å²) in [5, 5.41) is 7.02. The Morgan fingerprint density at radius 2 is 1.90 bits per heavy atom. The molecule has 1 saturated heterocycles. The van der Waals surface area contributed by atoms with E-state index < -0.39 is 33.3 Å². The van der Waals surface area contributed by atoms with Crippen molar-refractivity contribution in [2.24, 2.45) is 11.4 Å². The number of rotatable bonds is 5. The van der Waals surface area contributed by atoms with Crippen LogP contribution in [0.25, 0.3) is 11.3 Å². The number of amides is 2. The summed E-state index contributed by atoms with van der Waals surface area (Å²) in [5.41, 5.74) is 1.66. The van der Waals surface area contributed by atoms with Crippen molar-refractivity contribution in [3.05, 3.63) is 53.9 Å². The first-order valence-corrected chi connectivity index (χ1v) is 15.5. The fraction of sp³-hybridized carbons (Fsp3) is 0.448.